The van der Waals surface area contributed by atoms with E-state index in [2.05, 4.69) is 0 Å². The first-order valence-electron chi connectivity index (χ1n) is 5.11. The van der Waals surface area contributed by atoms with Gasteiger partial charge >= 0.3 is 5.97 Å². The normalized spacial score (nSPS) is 12.6. The van der Waals surface area contributed by atoms with Gasteiger partial charge in [-0.3, -0.25) is 0 Å². The monoisotopic (exact) mass is 252 g/mol. The molecule has 2 aromatic rings. The SMILES string of the molecule is Cc1occc1SC(C)c1ccc(C(=O)O)o1. The predicted octanol–water partition coefficient (Wildman–Crippen LogP) is 3.73. The quantitative estimate of drug-likeness (QED) is 0.840. The maximum Gasteiger partial charge on any atom is 0.371 e. The van der Waals surface area contributed by atoms with Gasteiger partial charge in [0.25, 0.3) is 0 Å². The lowest BCUT2D eigenvalue weighted by molar-refractivity contribution is 0.0660. The molecule has 2 aromatic heterocycles. The molecule has 2 rings (SSSR count). The Morgan fingerprint density at radius 3 is 2.71 bits per heavy atom. The Labute approximate surface area is 103 Å². The highest BCUT2D eigenvalue weighted by Gasteiger charge is 2.16. The molecule has 1 unspecified atom stereocenters. The second-order valence-corrected chi connectivity index (χ2v) is 4.99. The third-order valence-electron chi connectivity index (χ3n) is 2.35. The lowest BCUT2D eigenvalue weighted by Gasteiger charge is -2.06. The number of hydrogen-bond acceptors (Lipinski definition) is 4. The maximum absolute atomic E-state index is 10.7. The number of aromatic carboxylic acids is 1. The summed E-state index contributed by atoms with van der Waals surface area (Å²) in [6.45, 7) is 3.85. The topological polar surface area (TPSA) is 63.6 Å². The van der Waals surface area contributed by atoms with Gasteiger partial charge in [-0.05, 0) is 32.0 Å². The Morgan fingerprint density at radius 1 is 1.41 bits per heavy atom. The van der Waals surface area contributed by atoms with Gasteiger partial charge in [0.2, 0.25) is 5.76 Å². The van der Waals surface area contributed by atoms with Gasteiger partial charge in [-0.15, -0.1) is 11.8 Å². The van der Waals surface area contributed by atoms with Crippen molar-refractivity contribution in [3.63, 3.8) is 0 Å². The average Bonchev–Trinajstić information content (AvgIpc) is 2.88. The van der Waals surface area contributed by atoms with Gasteiger partial charge in [-0.1, -0.05) is 0 Å². The van der Waals surface area contributed by atoms with Crippen LogP contribution in [-0.2, 0) is 0 Å². The smallest absolute Gasteiger partial charge is 0.371 e. The summed E-state index contributed by atoms with van der Waals surface area (Å²) in [6.07, 6.45) is 1.63. The number of furan rings is 2. The van der Waals surface area contributed by atoms with Crippen LogP contribution in [0.25, 0.3) is 0 Å². The van der Waals surface area contributed by atoms with E-state index in [1.54, 1.807) is 24.1 Å². The standard InChI is InChI=1S/C12H12O4S/c1-7-11(5-6-15-7)17-8(2)9-3-4-10(16-9)12(13)14/h3-6,8H,1-2H3,(H,13,14). The van der Waals surface area contributed by atoms with E-state index in [1.807, 2.05) is 19.9 Å². The average molecular weight is 252 g/mol. The van der Waals surface area contributed by atoms with Crippen molar-refractivity contribution < 1.29 is 18.7 Å². The molecule has 90 valence electrons. The van der Waals surface area contributed by atoms with Crippen LogP contribution < -0.4 is 0 Å². The lowest BCUT2D eigenvalue weighted by atomic mass is 10.3. The highest BCUT2D eigenvalue weighted by Crippen LogP contribution is 2.37. The van der Waals surface area contributed by atoms with Crippen molar-refractivity contribution in [1.82, 2.24) is 0 Å². The van der Waals surface area contributed by atoms with Crippen molar-refractivity contribution in [1.29, 1.82) is 0 Å². The largest absolute Gasteiger partial charge is 0.475 e. The zero-order valence-electron chi connectivity index (χ0n) is 9.47. The first-order chi connectivity index (χ1) is 8.08. The zero-order chi connectivity index (χ0) is 12.4. The molecule has 0 saturated heterocycles. The Kier molecular flexibility index (Phi) is 3.28. The van der Waals surface area contributed by atoms with E-state index in [4.69, 9.17) is 13.9 Å². The predicted molar refractivity (Wildman–Crippen MR) is 63.4 cm³/mol. The zero-order valence-corrected chi connectivity index (χ0v) is 10.3. The first-order valence-corrected chi connectivity index (χ1v) is 5.99. The van der Waals surface area contributed by atoms with Crippen LogP contribution in [0.5, 0.6) is 0 Å². The lowest BCUT2D eigenvalue weighted by Crippen LogP contribution is -1.92. The van der Waals surface area contributed by atoms with Gasteiger partial charge in [0.1, 0.15) is 11.5 Å². The number of carboxylic acids is 1. The fourth-order valence-electron chi connectivity index (χ4n) is 1.43. The molecule has 17 heavy (non-hydrogen) atoms. The molecule has 0 aliphatic heterocycles. The summed E-state index contributed by atoms with van der Waals surface area (Å²) < 4.78 is 10.4. The van der Waals surface area contributed by atoms with Crippen LogP contribution in [0, 0.1) is 6.92 Å². The molecule has 1 atom stereocenters. The second kappa shape index (κ2) is 4.71. The van der Waals surface area contributed by atoms with Crippen molar-refractivity contribution in [2.75, 3.05) is 0 Å². The second-order valence-electron chi connectivity index (χ2n) is 3.61. The summed E-state index contributed by atoms with van der Waals surface area (Å²) in [7, 11) is 0. The molecule has 0 amide bonds. The van der Waals surface area contributed by atoms with E-state index >= 15 is 0 Å². The van der Waals surface area contributed by atoms with Gasteiger partial charge in [0, 0.05) is 4.90 Å². The van der Waals surface area contributed by atoms with Crippen LogP contribution >= 0.6 is 11.8 Å². The Hall–Kier alpha value is -1.62. The number of thioether (sulfide) groups is 1. The van der Waals surface area contributed by atoms with E-state index in [9.17, 15) is 4.79 Å². The van der Waals surface area contributed by atoms with Crippen molar-refractivity contribution in [2.24, 2.45) is 0 Å². The van der Waals surface area contributed by atoms with Gasteiger partial charge in [-0.2, -0.15) is 0 Å². The Bertz CT molecular complexity index is 526. The minimum Gasteiger partial charge on any atom is -0.475 e. The maximum atomic E-state index is 10.7. The van der Waals surface area contributed by atoms with E-state index in [-0.39, 0.29) is 11.0 Å². The van der Waals surface area contributed by atoms with E-state index in [0.29, 0.717) is 5.76 Å². The number of hydrogen-bond donors (Lipinski definition) is 1. The number of aryl methyl sites for hydroxylation is 1. The number of rotatable bonds is 4. The molecule has 0 saturated carbocycles. The van der Waals surface area contributed by atoms with Gasteiger partial charge in [0.05, 0.1) is 11.5 Å². The number of carbonyl (C=O) groups is 1. The van der Waals surface area contributed by atoms with E-state index in [1.165, 1.54) is 6.07 Å². The molecular formula is C12H12O4S. The highest BCUT2D eigenvalue weighted by molar-refractivity contribution is 7.99. The molecule has 0 aliphatic rings. The summed E-state index contributed by atoms with van der Waals surface area (Å²) in [5, 5.41) is 8.81. The summed E-state index contributed by atoms with van der Waals surface area (Å²) in [5.41, 5.74) is 0. The number of carboxylic acid groups (broad SMARTS) is 1. The third kappa shape index (κ3) is 2.55. The van der Waals surface area contributed by atoms with E-state index < -0.39 is 5.97 Å². The van der Waals surface area contributed by atoms with Crippen LogP contribution in [0.3, 0.4) is 0 Å². The molecule has 0 radical (unpaired) electrons. The molecule has 1 N–H and O–H groups in total. The molecule has 0 spiro atoms. The highest BCUT2D eigenvalue weighted by atomic mass is 32.2. The van der Waals surface area contributed by atoms with E-state index in [0.717, 1.165) is 10.7 Å². The molecule has 0 bridgehead atoms. The molecule has 0 aromatic carbocycles. The Balaban J connectivity index is 2.12. The third-order valence-corrected chi connectivity index (χ3v) is 3.62. The first kappa shape index (κ1) is 11.9. The van der Waals surface area contributed by atoms with Crippen LogP contribution in [0.4, 0.5) is 0 Å². The summed E-state index contributed by atoms with van der Waals surface area (Å²) in [5.74, 6) is 0.421. The van der Waals surface area contributed by atoms with Gasteiger partial charge < -0.3 is 13.9 Å². The molecular weight excluding hydrogens is 240 g/mol. The van der Waals surface area contributed by atoms with Gasteiger partial charge in [0.15, 0.2) is 0 Å². The van der Waals surface area contributed by atoms with Crippen molar-refractivity contribution in [3.05, 3.63) is 41.7 Å². The van der Waals surface area contributed by atoms with Crippen LogP contribution in [0.1, 0.15) is 34.2 Å². The summed E-state index contributed by atoms with van der Waals surface area (Å²) >= 11 is 1.57. The fraction of sp³-hybridized carbons (Fsp3) is 0.250. The van der Waals surface area contributed by atoms with Gasteiger partial charge in [-0.25, -0.2) is 4.79 Å². The molecule has 5 heteroatoms. The van der Waals surface area contributed by atoms with Crippen LogP contribution in [0.2, 0.25) is 0 Å². The molecule has 0 aliphatic carbocycles. The van der Waals surface area contributed by atoms with Crippen LogP contribution in [0.15, 0.2) is 38.2 Å². The summed E-state index contributed by atoms with van der Waals surface area (Å²) in [6, 6.07) is 5.05. The minimum atomic E-state index is -1.05. The van der Waals surface area contributed by atoms with Crippen molar-refractivity contribution in [2.45, 2.75) is 24.0 Å². The molecule has 0 fully saturated rings. The van der Waals surface area contributed by atoms with Crippen molar-refractivity contribution >= 4 is 17.7 Å². The van der Waals surface area contributed by atoms with Crippen molar-refractivity contribution in [3.8, 4) is 0 Å². The molecule has 2 heterocycles. The van der Waals surface area contributed by atoms with Crippen LogP contribution in [-0.4, -0.2) is 11.1 Å². The fourth-order valence-corrected chi connectivity index (χ4v) is 2.40. The minimum absolute atomic E-state index is 0.0311. The summed E-state index contributed by atoms with van der Waals surface area (Å²) in [4.78, 5) is 11.7. The Morgan fingerprint density at radius 2 is 2.18 bits per heavy atom. The molecule has 4 nitrogen and oxygen atoms in total.